The number of hydrogen-bond acceptors (Lipinski definition) is 4. The van der Waals surface area contributed by atoms with Gasteiger partial charge < -0.3 is 20.0 Å². The molecule has 1 N–H and O–H groups in total. The number of hydrogen-bond donors (Lipinski definition) is 1. The molecule has 8 heteroatoms. The van der Waals surface area contributed by atoms with E-state index in [0.717, 1.165) is 77.6 Å². The molecular weight excluding hydrogens is 515 g/mol. The number of nitrogens with zero attached hydrogens (tertiary/aromatic N) is 5. The number of likely N-dealkylation sites (tertiary alicyclic amines) is 1. The van der Waals surface area contributed by atoms with Crippen molar-refractivity contribution in [3.63, 3.8) is 0 Å². The molecule has 0 radical (unpaired) electrons. The molecule has 1 aromatic carbocycles. The third-order valence-corrected chi connectivity index (χ3v) is 7.16. The van der Waals surface area contributed by atoms with Crippen LogP contribution in [-0.4, -0.2) is 98.1 Å². The van der Waals surface area contributed by atoms with Crippen molar-refractivity contribution in [1.82, 2.24) is 20.0 Å². The smallest absolute Gasteiger partial charge is 0.239 e. The zero-order valence-electron chi connectivity index (χ0n) is 19.8. The molecule has 2 unspecified atom stereocenters. The van der Waals surface area contributed by atoms with Gasteiger partial charge in [0.2, 0.25) is 5.91 Å². The summed E-state index contributed by atoms with van der Waals surface area (Å²) in [5.74, 6) is 1.27. The standard InChI is InChI=1S/C24H38N6O.HI/c1-19(30-13-10-21-8-4-5-9-22(21)30)18-26-24(25-3)29-16-14-27(15-17-29)20(2)23(31)28-11-6-7-12-28;/h4-5,8-9,19-20H,6-7,10-18H2,1-3H3,(H,25,26);1H. The Morgan fingerprint density at radius 1 is 1.00 bits per heavy atom. The number of benzene rings is 1. The van der Waals surface area contributed by atoms with Crippen LogP contribution in [0.2, 0.25) is 0 Å². The van der Waals surface area contributed by atoms with E-state index in [1.807, 2.05) is 11.9 Å². The van der Waals surface area contributed by atoms with Crippen molar-refractivity contribution in [1.29, 1.82) is 0 Å². The molecule has 0 aliphatic carbocycles. The number of piperazine rings is 1. The first-order chi connectivity index (χ1) is 15.1. The lowest BCUT2D eigenvalue weighted by Gasteiger charge is -2.40. The summed E-state index contributed by atoms with van der Waals surface area (Å²) < 4.78 is 0. The molecule has 2 fully saturated rings. The molecule has 2 atom stereocenters. The highest BCUT2D eigenvalue weighted by Gasteiger charge is 2.31. The summed E-state index contributed by atoms with van der Waals surface area (Å²) in [6, 6.07) is 9.11. The normalized spacial score (nSPS) is 21.2. The Bertz CT molecular complexity index is 788. The molecule has 32 heavy (non-hydrogen) atoms. The lowest BCUT2D eigenvalue weighted by molar-refractivity contribution is -0.135. The van der Waals surface area contributed by atoms with Gasteiger partial charge in [0, 0.05) is 71.1 Å². The number of rotatable bonds is 5. The quantitative estimate of drug-likeness (QED) is 0.344. The van der Waals surface area contributed by atoms with Gasteiger partial charge in [-0.1, -0.05) is 18.2 Å². The van der Waals surface area contributed by atoms with E-state index in [9.17, 15) is 4.79 Å². The summed E-state index contributed by atoms with van der Waals surface area (Å²) in [5, 5.41) is 3.60. The summed E-state index contributed by atoms with van der Waals surface area (Å²) >= 11 is 0. The van der Waals surface area contributed by atoms with Crippen molar-refractivity contribution >= 4 is 41.5 Å². The highest BCUT2D eigenvalue weighted by molar-refractivity contribution is 14.0. The Kier molecular flexibility index (Phi) is 9.04. The maximum Gasteiger partial charge on any atom is 0.239 e. The summed E-state index contributed by atoms with van der Waals surface area (Å²) in [5.41, 5.74) is 2.82. The van der Waals surface area contributed by atoms with E-state index < -0.39 is 0 Å². The van der Waals surface area contributed by atoms with E-state index in [2.05, 4.69) is 63.1 Å². The third-order valence-electron chi connectivity index (χ3n) is 7.16. The largest absolute Gasteiger partial charge is 0.366 e. The van der Waals surface area contributed by atoms with Gasteiger partial charge in [-0.15, -0.1) is 24.0 Å². The topological polar surface area (TPSA) is 54.4 Å². The number of amides is 1. The summed E-state index contributed by atoms with van der Waals surface area (Å²) in [6.45, 7) is 11.8. The lowest BCUT2D eigenvalue weighted by Crippen LogP contribution is -2.57. The first kappa shape index (κ1) is 25.1. The molecule has 0 bridgehead atoms. The van der Waals surface area contributed by atoms with Gasteiger partial charge in [0.15, 0.2) is 5.96 Å². The summed E-state index contributed by atoms with van der Waals surface area (Å²) in [6.07, 6.45) is 3.43. The van der Waals surface area contributed by atoms with Gasteiger partial charge in [-0.3, -0.25) is 14.7 Å². The number of aliphatic imine (C=N–C) groups is 1. The van der Waals surface area contributed by atoms with Crippen molar-refractivity contribution in [3.05, 3.63) is 29.8 Å². The molecule has 3 heterocycles. The van der Waals surface area contributed by atoms with Crippen LogP contribution < -0.4 is 10.2 Å². The maximum absolute atomic E-state index is 12.7. The average Bonchev–Trinajstić information content (AvgIpc) is 3.49. The predicted molar refractivity (Wildman–Crippen MR) is 142 cm³/mol. The van der Waals surface area contributed by atoms with Gasteiger partial charge in [0.25, 0.3) is 0 Å². The van der Waals surface area contributed by atoms with Gasteiger partial charge in [-0.25, -0.2) is 0 Å². The molecule has 3 aliphatic rings. The first-order valence-corrected chi connectivity index (χ1v) is 11.9. The van der Waals surface area contributed by atoms with Crippen molar-refractivity contribution in [3.8, 4) is 0 Å². The van der Waals surface area contributed by atoms with Crippen LogP contribution >= 0.6 is 24.0 Å². The molecular formula is C24H39IN6O. The Labute approximate surface area is 210 Å². The fraction of sp³-hybridized carbons (Fsp3) is 0.667. The number of halogens is 1. The van der Waals surface area contributed by atoms with Crippen LogP contribution in [0.1, 0.15) is 32.3 Å². The number of guanidine groups is 1. The molecule has 178 valence electrons. The number of para-hydroxylation sites is 1. The number of fused-ring (bicyclic) bond motifs is 1. The van der Waals surface area contributed by atoms with Crippen LogP contribution in [0.15, 0.2) is 29.3 Å². The van der Waals surface area contributed by atoms with Gasteiger partial charge in [-0.2, -0.15) is 0 Å². The zero-order valence-corrected chi connectivity index (χ0v) is 22.1. The van der Waals surface area contributed by atoms with Crippen LogP contribution in [0.3, 0.4) is 0 Å². The van der Waals surface area contributed by atoms with Crippen molar-refractivity contribution in [2.45, 2.75) is 45.2 Å². The Morgan fingerprint density at radius 2 is 1.69 bits per heavy atom. The van der Waals surface area contributed by atoms with E-state index in [0.29, 0.717) is 11.9 Å². The second kappa shape index (κ2) is 11.5. The zero-order chi connectivity index (χ0) is 21.8. The highest BCUT2D eigenvalue weighted by atomic mass is 127. The van der Waals surface area contributed by atoms with Crippen LogP contribution in [0, 0.1) is 0 Å². The molecule has 0 aromatic heterocycles. The molecule has 4 rings (SSSR count). The SMILES string of the molecule is CN=C(NCC(C)N1CCc2ccccc21)N1CCN(C(C)C(=O)N2CCCC2)CC1.I. The summed E-state index contributed by atoms with van der Waals surface area (Å²) in [4.78, 5) is 26.5. The van der Waals surface area contributed by atoms with E-state index in [4.69, 9.17) is 0 Å². The van der Waals surface area contributed by atoms with Gasteiger partial charge in [0.05, 0.1) is 6.04 Å². The van der Waals surface area contributed by atoms with E-state index in [-0.39, 0.29) is 30.0 Å². The Morgan fingerprint density at radius 3 is 2.38 bits per heavy atom. The van der Waals surface area contributed by atoms with E-state index in [1.54, 1.807) is 0 Å². The fourth-order valence-corrected chi connectivity index (χ4v) is 5.18. The second-order valence-corrected chi connectivity index (χ2v) is 9.08. The van der Waals surface area contributed by atoms with Crippen LogP contribution in [-0.2, 0) is 11.2 Å². The number of carbonyl (C=O) groups excluding carboxylic acids is 1. The molecule has 1 amide bonds. The van der Waals surface area contributed by atoms with Crippen molar-refractivity contribution in [2.24, 2.45) is 4.99 Å². The molecule has 2 saturated heterocycles. The molecule has 0 saturated carbocycles. The average molecular weight is 555 g/mol. The number of nitrogens with one attached hydrogen (secondary N) is 1. The minimum atomic E-state index is -0.0227. The second-order valence-electron chi connectivity index (χ2n) is 9.08. The number of anilines is 1. The van der Waals surface area contributed by atoms with Gasteiger partial charge in [-0.05, 0) is 44.7 Å². The highest BCUT2D eigenvalue weighted by Crippen LogP contribution is 2.28. The van der Waals surface area contributed by atoms with Crippen molar-refractivity contribution < 1.29 is 4.79 Å². The molecule has 1 aromatic rings. The summed E-state index contributed by atoms with van der Waals surface area (Å²) in [7, 11) is 1.87. The molecule has 0 spiro atoms. The minimum Gasteiger partial charge on any atom is -0.366 e. The molecule has 7 nitrogen and oxygen atoms in total. The fourth-order valence-electron chi connectivity index (χ4n) is 5.18. The Hall–Kier alpha value is -1.55. The Balaban J connectivity index is 0.00000289. The first-order valence-electron chi connectivity index (χ1n) is 11.9. The minimum absolute atomic E-state index is 0. The van der Waals surface area contributed by atoms with Crippen molar-refractivity contribution in [2.75, 3.05) is 64.3 Å². The molecule has 3 aliphatic heterocycles. The van der Waals surface area contributed by atoms with E-state index >= 15 is 0 Å². The number of carbonyl (C=O) groups is 1. The maximum atomic E-state index is 12.7. The third kappa shape index (κ3) is 5.50. The van der Waals surface area contributed by atoms with Gasteiger partial charge >= 0.3 is 0 Å². The van der Waals surface area contributed by atoms with Crippen LogP contribution in [0.5, 0.6) is 0 Å². The van der Waals surface area contributed by atoms with Crippen LogP contribution in [0.4, 0.5) is 5.69 Å². The predicted octanol–water partition coefficient (Wildman–Crippen LogP) is 2.26. The van der Waals surface area contributed by atoms with Gasteiger partial charge in [0.1, 0.15) is 0 Å². The monoisotopic (exact) mass is 554 g/mol. The lowest BCUT2D eigenvalue weighted by atomic mass is 10.2. The van der Waals surface area contributed by atoms with E-state index in [1.165, 1.54) is 11.3 Å². The van der Waals surface area contributed by atoms with Crippen LogP contribution in [0.25, 0.3) is 0 Å².